The smallest absolute Gasteiger partial charge is 0.309 e. The van der Waals surface area contributed by atoms with Crippen molar-refractivity contribution in [3.05, 3.63) is 28.0 Å². The molecule has 0 atom stereocenters. The van der Waals surface area contributed by atoms with Gasteiger partial charge in [0, 0.05) is 18.3 Å². The first-order valence-electron chi connectivity index (χ1n) is 4.33. The van der Waals surface area contributed by atoms with Crippen molar-refractivity contribution >= 4 is 17.6 Å². The third-order valence-corrected chi connectivity index (χ3v) is 2.41. The Labute approximate surface area is 95.0 Å². The molecule has 0 bridgehead atoms. The fraction of sp³-hybridized carbons (Fsp3) is 0.333. The lowest BCUT2D eigenvalue weighted by molar-refractivity contribution is -0.136. The Morgan fingerprint density at radius 1 is 1.62 bits per heavy atom. The fourth-order valence-corrected chi connectivity index (χ4v) is 1.55. The van der Waals surface area contributed by atoms with Crippen LogP contribution in [-0.2, 0) is 17.8 Å². The van der Waals surface area contributed by atoms with Crippen LogP contribution in [-0.4, -0.2) is 16.1 Å². The van der Waals surface area contributed by atoms with Gasteiger partial charge in [-0.15, -0.1) is 0 Å². The van der Waals surface area contributed by atoms with Gasteiger partial charge in [-0.2, -0.15) is 0 Å². The van der Waals surface area contributed by atoms with E-state index < -0.39 is 24.4 Å². The number of nitrogens with zero attached hydrogens (tertiary/aromatic N) is 1. The van der Waals surface area contributed by atoms with Gasteiger partial charge in [0.25, 0.3) is 6.43 Å². The number of carboxylic acid groups (broad SMARTS) is 1. The van der Waals surface area contributed by atoms with Crippen molar-refractivity contribution in [2.24, 2.45) is 5.73 Å². The molecule has 0 spiro atoms. The number of aromatic nitrogens is 1. The molecule has 0 aliphatic heterocycles. The van der Waals surface area contributed by atoms with Gasteiger partial charge < -0.3 is 10.8 Å². The lowest BCUT2D eigenvalue weighted by Crippen LogP contribution is -2.10. The number of rotatable bonds is 4. The molecule has 1 rings (SSSR count). The lowest BCUT2D eigenvalue weighted by atomic mass is 10.1. The molecule has 0 fully saturated rings. The monoisotopic (exact) mass is 250 g/mol. The Hall–Kier alpha value is -1.27. The third-order valence-electron chi connectivity index (χ3n) is 1.96. The molecular weight excluding hydrogens is 242 g/mol. The Morgan fingerprint density at radius 2 is 2.25 bits per heavy atom. The summed E-state index contributed by atoms with van der Waals surface area (Å²) in [4.78, 5) is 14.1. The number of halogens is 3. The summed E-state index contributed by atoms with van der Waals surface area (Å²) in [5, 5.41) is 8.33. The molecule has 1 aromatic heterocycles. The second-order valence-corrected chi connectivity index (χ2v) is 3.41. The van der Waals surface area contributed by atoms with Gasteiger partial charge in [0.05, 0.1) is 22.7 Å². The van der Waals surface area contributed by atoms with Gasteiger partial charge in [0.1, 0.15) is 0 Å². The Morgan fingerprint density at radius 3 is 2.69 bits per heavy atom. The molecule has 1 aromatic rings. The summed E-state index contributed by atoms with van der Waals surface area (Å²) in [6, 6.07) is 0. The topological polar surface area (TPSA) is 76.2 Å². The average molecular weight is 251 g/mol. The zero-order valence-electron chi connectivity index (χ0n) is 8.08. The predicted octanol–water partition coefficient (Wildman–Crippen LogP) is 1.76. The first-order valence-corrected chi connectivity index (χ1v) is 4.71. The maximum absolute atomic E-state index is 12.7. The SMILES string of the molecule is NCc1cnc(CC(=O)O)c(C(F)F)c1Cl. The molecule has 4 nitrogen and oxygen atoms in total. The maximum atomic E-state index is 12.7. The molecule has 0 saturated heterocycles. The van der Waals surface area contributed by atoms with E-state index in [9.17, 15) is 13.6 Å². The Bertz CT molecular complexity index is 413. The van der Waals surface area contributed by atoms with Crippen molar-refractivity contribution in [3.8, 4) is 0 Å². The van der Waals surface area contributed by atoms with E-state index in [0.29, 0.717) is 0 Å². The van der Waals surface area contributed by atoms with E-state index in [1.165, 1.54) is 6.20 Å². The Kier molecular flexibility index (Phi) is 4.14. The predicted molar refractivity (Wildman–Crippen MR) is 53.4 cm³/mol. The Balaban J connectivity index is 3.28. The molecule has 0 amide bonds. The molecule has 0 unspecified atom stereocenters. The number of carboxylic acids is 1. The highest BCUT2D eigenvalue weighted by Crippen LogP contribution is 2.31. The summed E-state index contributed by atoms with van der Waals surface area (Å²) in [7, 11) is 0. The number of hydrogen-bond donors (Lipinski definition) is 2. The van der Waals surface area contributed by atoms with E-state index in [4.69, 9.17) is 22.4 Å². The van der Waals surface area contributed by atoms with Crippen LogP contribution in [0.1, 0.15) is 23.2 Å². The molecule has 0 saturated carbocycles. The number of aliphatic carboxylic acids is 1. The standard InChI is InChI=1S/C9H9ClF2N2O2/c10-8-4(2-13)3-14-5(1-6(15)16)7(8)9(11)12/h3,9H,1-2,13H2,(H,15,16). The second-order valence-electron chi connectivity index (χ2n) is 3.03. The van der Waals surface area contributed by atoms with Crippen molar-refractivity contribution in [3.63, 3.8) is 0 Å². The molecule has 88 valence electrons. The highest BCUT2D eigenvalue weighted by molar-refractivity contribution is 6.32. The van der Waals surface area contributed by atoms with Gasteiger partial charge in [-0.1, -0.05) is 11.6 Å². The number of alkyl halides is 2. The minimum absolute atomic E-state index is 0.0289. The van der Waals surface area contributed by atoms with Gasteiger partial charge in [-0.05, 0) is 0 Å². The number of carbonyl (C=O) groups is 1. The van der Waals surface area contributed by atoms with Crippen molar-refractivity contribution in [2.45, 2.75) is 19.4 Å². The zero-order chi connectivity index (χ0) is 12.3. The van der Waals surface area contributed by atoms with Gasteiger partial charge in [0.2, 0.25) is 0 Å². The van der Waals surface area contributed by atoms with Crippen LogP contribution >= 0.6 is 11.6 Å². The van der Waals surface area contributed by atoms with E-state index in [2.05, 4.69) is 4.98 Å². The van der Waals surface area contributed by atoms with Crippen LogP contribution in [0.5, 0.6) is 0 Å². The first-order chi connectivity index (χ1) is 7.47. The number of pyridine rings is 1. The van der Waals surface area contributed by atoms with Crippen LogP contribution < -0.4 is 5.73 Å². The molecule has 7 heteroatoms. The number of nitrogens with two attached hydrogens (primary N) is 1. The maximum Gasteiger partial charge on any atom is 0.309 e. The molecule has 0 radical (unpaired) electrons. The lowest BCUT2D eigenvalue weighted by Gasteiger charge is -2.11. The third kappa shape index (κ3) is 2.65. The van der Waals surface area contributed by atoms with E-state index in [0.717, 1.165) is 0 Å². The minimum atomic E-state index is -2.87. The minimum Gasteiger partial charge on any atom is -0.481 e. The van der Waals surface area contributed by atoms with Crippen LogP contribution in [0.2, 0.25) is 5.02 Å². The zero-order valence-corrected chi connectivity index (χ0v) is 8.84. The number of hydrogen-bond acceptors (Lipinski definition) is 3. The van der Waals surface area contributed by atoms with E-state index in [-0.39, 0.29) is 22.8 Å². The molecule has 3 N–H and O–H groups in total. The van der Waals surface area contributed by atoms with Gasteiger partial charge in [0.15, 0.2) is 0 Å². The van der Waals surface area contributed by atoms with Crippen LogP contribution in [0.4, 0.5) is 8.78 Å². The van der Waals surface area contributed by atoms with Crippen molar-refractivity contribution in [2.75, 3.05) is 0 Å². The van der Waals surface area contributed by atoms with Gasteiger partial charge in [-0.3, -0.25) is 9.78 Å². The van der Waals surface area contributed by atoms with Crippen LogP contribution in [0.25, 0.3) is 0 Å². The largest absolute Gasteiger partial charge is 0.481 e. The van der Waals surface area contributed by atoms with Crippen molar-refractivity contribution < 1.29 is 18.7 Å². The molecule has 16 heavy (non-hydrogen) atoms. The molecule has 1 heterocycles. The van der Waals surface area contributed by atoms with Crippen LogP contribution in [0.3, 0.4) is 0 Å². The average Bonchev–Trinajstić information content (AvgIpc) is 2.16. The molecule has 0 aliphatic rings. The highest BCUT2D eigenvalue weighted by Gasteiger charge is 2.22. The molecular formula is C9H9ClF2N2O2. The summed E-state index contributed by atoms with van der Waals surface area (Å²) < 4.78 is 25.4. The first kappa shape index (κ1) is 12.8. The summed E-state index contributed by atoms with van der Waals surface area (Å²) >= 11 is 5.70. The molecule has 0 aliphatic carbocycles. The van der Waals surface area contributed by atoms with Gasteiger partial charge in [-0.25, -0.2) is 8.78 Å². The normalized spacial score (nSPS) is 10.8. The second kappa shape index (κ2) is 5.18. The summed E-state index contributed by atoms with van der Waals surface area (Å²) in [6.45, 7) is -0.0289. The fourth-order valence-electron chi connectivity index (χ4n) is 1.23. The summed E-state index contributed by atoms with van der Waals surface area (Å²) in [5.41, 5.74) is 4.77. The van der Waals surface area contributed by atoms with Crippen molar-refractivity contribution in [1.29, 1.82) is 0 Å². The van der Waals surface area contributed by atoms with E-state index in [1.807, 2.05) is 0 Å². The summed E-state index contributed by atoms with van der Waals surface area (Å²) in [6.07, 6.45) is -2.25. The van der Waals surface area contributed by atoms with Crippen LogP contribution in [0, 0.1) is 0 Å². The van der Waals surface area contributed by atoms with Crippen molar-refractivity contribution in [1.82, 2.24) is 4.98 Å². The van der Waals surface area contributed by atoms with Gasteiger partial charge >= 0.3 is 5.97 Å². The van der Waals surface area contributed by atoms with E-state index in [1.54, 1.807) is 0 Å². The van der Waals surface area contributed by atoms with Crippen LogP contribution in [0.15, 0.2) is 6.20 Å². The summed E-state index contributed by atoms with van der Waals surface area (Å²) in [5.74, 6) is -1.24. The highest BCUT2D eigenvalue weighted by atomic mass is 35.5. The molecule has 0 aromatic carbocycles. The quantitative estimate of drug-likeness (QED) is 0.854. The van der Waals surface area contributed by atoms with E-state index >= 15 is 0 Å².